The van der Waals surface area contributed by atoms with Gasteiger partial charge in [-0.1, -0.05) is 12.1 Å². The predicted octanol–water partition coefficient (Wildman–Crippen LogP) is 0.770. The Morgan fingerprint density at radius 3 is 3.08 bits per heavy atom. The van der Waals surface area contributed by atoms with Gasteiger partial charge in [-0.05, 0) is 23.2 Å². The molecule has 1 aliphatic rings. The van der Waals surface area contributed by atoms with Crippen molar-refractivity contribution in [2.75, 3.05) is 0 Å². The maximum atomic E-state index is 12.8. The van der Waals surface area contributed by atoms with E-state index < -0.39 is 13.2 Å². The molecule has 0 fully saturated rings. The van der Waals surface area contributed by atoms with Gasteiger partial charge in [0.2, 0.25) is 0 Å². The minimum Gasteiger partial charge on any atom is -0.423 e. The Hall–Kier alpha value is -1.13. The van der Waals surface area contributed by atoms with Crippen molar-refractivity contribution in [2.45, 2.75) is 6.10 Å². The van der Waals surface area contributed by atoms with Crippen LogP contribution in [0.4, 0.5) is 4.39 Å². The van der Waals surface area contributed by atoms with E-state index in [4.69, 9.17) is 4.65 Å². The first-order chi connectivity index (χ1) is 6.22. The van der Waals surface area contributed by atoms with Gasteiger partial charge in [0.15, 0.2) is 0 Å². The summed E-state index contributed by atoms with van der Waals surface area (Å²) in [6, 6.07) is 4.19. The summed E-state index contributed by atoms with van der Waals surface area (Å²) in [6.07, 6.45) is 1.13. The van der Waals surface area contributed by atoms with Crippen LogP contribution in [0.25, 0.3) is 0 Å². The number of halogens is 1. The summed E-state index contributed by atoms with van der Waals surface area (Å²) in [4.78, 5) is 0. The second-order valence-corrected chi connectivity index (χ2v) is 2.92. The Morgan fingerprint density at radius 2 is 2.38 bits per heavy atom. The maximum absolute atomic E-state index is 12.8. The molecule has 0 amide bonds. The van der Waals surface area contributed by atoms with Crippen LogP contribution in [0.3, 0.4) is 0 Å². The first kappa shape index (κ1) is 8.47. The van der Waals surface area contributed by atoms with Gasteiger partial charge in [0.1, 0.15) is 5.82 Å². The number of rotatable bonds is 1. The third-order valence-corrected chi connectivity index (χ3v) is 2.11. The zero-order chi connectivity index (χ0) is 9.42. The number of hydrogen-bond acceptors (Lipinski definition) is 2. The van der Waals surface area contributed by atoms with E-state index in [-0.39, 0.29) is 5.82 Å². The van der Waals surface area contributed by atoms with Crippen molar-refractivity contribution in [2.24, 2.45) is 0 Å². The zero-order valence-corrected chi connectivity index (χ0v) is 6.90. The van der Waals surface area contributed by atoms with Crippen LogP contribution in [0.1, 0.15) is 11.7 Å². The van der Waals surface area contributed by atoms with Gasteiger partial charge in [0, 0.05) is 0 Å². The van der Waals surface area contributed by atoms with E-state index in [1.54, 1.807) is 0 Å². The molecular weight excluding hydrogens is 170 g/mol. The Morgan fingerprint density at radius 1 is 1.62 bits per heavy atom. The van der Waals surface area contributed by atoms with Gasteiger partial charge in [-0.25, -0.2) is 4.39 Å². The number of hydrogen-bond donors (Lipinski definition) is 1. The average Bonchev–Trinajstić information content (AvgIpc) is 2.42. The van der Waals surface area contributed by atoms with Gasteiger partial charge >= 0.3 is 7.12 Å². The van der Waals surface area contributed by atoms with Crippen LogP contribution >= 0.6 is 0 Å². The van der Waals surface area contributed by atoms with E-state index in [9.17, 15) is 9.41 Å². The van der Waals surface area contributed by atoms with Crippen molar-refractivity contribution in [3.63, 3.8) is 0 Å². The van der Waals surface area contributed by atoms with Gasteiger partial charge in [0.05, 0.1) is 6.10 Å². The summed E-state index contributed by atoms with van der Waals surface area (Å²) in [5.74, 6) is -0.330. The molecule has 1 N–H and O–H groups in total. The third kappa shape index (κ3) is 1.28. The maximum Gasteiger partial charge on any atom is 0.492 e. The normalized spacial score (nSPS) is 20.2. The van der Waals surface area contributed by atoms with Crippen LogP contribution in [-0.2, 0) is 4.65 Å². The summed E-state index contributed by atoms with van der Waals surface area (Å²) in [5.41, 5.74) is 1.27. The van der Waals surface area contributed by atoms with E-state index in [1.165, 1.54) is 24.3 Å². The SMILES string of the molecule is C=CC1OB(O)c2ccc(F)cc21. The molecule has 13 heavy (non-hydrogen) atoms. The van der Waals surface area contributed by atoms with Crippen molar-refractivity contribution in [1.29, 1.82) is 0 Å². The van der Waals surface area contributed by atoms with Crippen molar-refractivity contribution in [3.8, 4) is 0 Å². The molecule has 66 valence electrons. The monoisotopic (exact) mass is 178 g/mol. The standard InChI is InChI=1S/C9H8BFO2/c1-2-9-7-5-6(11)3-4-8(7)10(12)13-9/h2-5,9,12H,1H2. The van der Waals surface area contributed by atoms with Crippen molar-refractivity contribution < 1.29 is 14.1 Å². The van der Waals surface area contributed by atoms with E-state index in [2.05, 4.69) is 6.58 Å². The molecule has 0 bridgehead atoms. The van der Waals surface area contributed by atoms with Crippen molar-refractivity contribution in [3.05, 3.63) is 42.2 Å². The highest BCUT2D eigenvalue weighted by molar-refractivity contribution is 6.61. The Kier molecular flexibility index (Phi) is 1.94. The zero-order valence-electron chi connectivity index (χ0n) is 6.90. The van der Waals surface area contributed by atoms with Crippen LogP contribution in [0, 0.1) is 5.82 Å². The molecule has 0 radical (unpaired) electrons. The van der Waals surface area contributed by atoms with Crippen LogP contribution in [0.15, 0.2) is 30.9 Å². The van der Waals surface area contributed by atoms with E-state index >= 15 is 0 Å². The Labute approximate surface area is 75.8 Å². The Balaban J connectivity index is 2.52. The second-order valence-electron chi connectivity index (χ2n) is 2.92. The van der Waals surface area contributed by atoms with E-state index in [0.717, 1.165) is 0 Å². The molecule has 0 spiro atoms. The van der Waals surface area contributed by atoms with Crippen molar-refractivity contribution in [1.82, 2.24) is 0 Å². The largest absolute Gasteiger partial charge is 0.492 e. The lowest BCUT2D eigenvalue weighted by molar-refractivity contribution is 0.233. The molecule has 0 aliphatic carbocycles. The van der Waals surface area contributed by atoms with Gasteiger partial charge in [-0.15, -0.1) is 6.58 Å². The minimum atomic E-state index is -0.960. The molecule has 4 heteroatoms. The summed E-state index contributed by atoms with van der Waals surface area (Å²) < 4.78 is 17.9. The molecule has 2 rings (SSSR count). The average molecular weight is 178 g/mol. The van der Waals surface area contributed by atoms with Crippen LogP contribution < -0.4 is 5.46 Å². The highest BCUT2D eigenvalue weighted by atomic mass is 19.1. The lowest BCUT2D eigenvalue weighted by Crippen LogP contribution is -2.27. The van der Waals surface area contributed by atoms with E-state index in [1.807, 2.05) is 0 Å². The van der Waals surface area contributed by atoms with Crippen LogP contribution in [0.5, 0.6) is 0 Å². The topological polar surface area (TPSA) is 29.5 Å². The molecule has 1 heterocycles. The van der Waals surface area contributed by atoms with Crippen molar-refractivity contribution >= 4 is 12.6 Å². The third-order valence-electron chi connectivity index (χ3n) is 2.11. The van der Waals surface area contributed by atoms with Gasteiger partial charge < -0.3 is 9.68 Å². The first-order valence-electron chi connectivity index (χ1n) is 3.98. The smallest absolute Gasteiger partial charge is 0.423 e. The summed E-state index contributed by atoms with van der Waals surface area (Å²) >= 11 is 0. The molecule has 0 aromatic heterocycles. The molecule has 1 unspecified atom stereocenters. The predicted molar refractivity (Wildman–Crippen MR) is 48.0 cm³/mol. The summed E-state index contributed by atoms with van der Waals surface area (Å²) in [5, 5.41) is 9.38. The fraction of sp³-hybridized carbons (Fsp3) is 0.111. The van der Waals surface area contributed by atoms with Crippen LogP contribution in [0.2, 0.25) is 0 Å². The van der Waals surface area contributed by atoms with Gasteiger partial charge in [0.25, 0.3) is 0 Å². The summed E-state index contributed by atoms with van der Waals surface area (Å²) in [7, 11) is -0.960. The van der Waals surface area contributed by atoms with Crippen LogP contribution in [-0.4, -0.2) is 12.1 Å². The molecule has 0 saturated carbocycles. The molecular formula is C9H8BFO2. The highest BCUT2D eigenvalue weighted by Gasteiger charge is 2.33. The lowest BCUT2D eigenvalue weighted by Gasteiger charge is -2.04. The van der Waals surface area contributed by atoms with Gasteiger partial charge in [-0.2, -0.15) is 0 Å². The molecule has 1 aromatic carbocycles. The molecule has 1 aromatic rings. The number of fused-ring (bicyclic) bond motifs is 1. The molecule has 0 saturated heterocycles. The fourth-order valence-electron chi connectivity index (χ4n) is 1.48. The highest BCUT2D eigenvalue weighted by Crippen LogP contribution is 2.24. The second kappa shape index (κ2) is 2.98. The summed E-state index contributed by atoms with van der Waals surface area (Å²) in [6.45, 7) is 3.55. The van der Waals surface area contributed by atoms with E-state index in [0.29, 0.717) is 11.0 Å². The molecule has 1 aliphatic heterocycles. The number of benzene rings is 1. The lowest BCUT2D eigenvalue weighted by atomic mass is 9.79. The minimum absolute atomic E-state index is 0.330. The molecule has 2 nitrogen and oxygen atoms in total. The quantitative estimate of drug-likeness (QED) is 0.508. The molecule has 1 atom stereocenters. The van der Waals surface area contributed by atoms with Gasteiger partial charge in [-0.3, -0.25) is 0 Å². The first-order valence-corrected chi connectivity index (χ1v) is 3.98. The Bertz CT molecular complexity index is 353. The fourth-order valence-corrected chi connectivity index (χ4v) is 1.48.